The molecule has 0 aromatic heterocycles. The summed E-state index contributed by atoms with van der Waals surface area (Å²) in [4.78, 5) is 28.9. The normalized spacial score (nSPS) is 20.4. The van der Waals surface area contributed by atoms with Gasteiger partial charge in [0.1, 0.15) is 12.1 Å². The molecule has 11 nitrogen and oxygen atoms in total. The molecule has 0 radical (unpaired) electrons. The summed E-state index contributed by atoms with van der Waals surface area (Å²) in [6, 6.07) is 13.2. The number of nitrogens with one attached hydrogen (secondary N) is 3. The van der Waals surface area contributed by atoms with Crippen molar-refractivity contribution in [2.45, 2.75) is 70.0 Å². The van der Waals surface area contributed by atoms with Gasteiger partial charge in [-0.1, -0.05) is 36.4 Å². The minimum atomic E-state index is -3.66. The maximum atomic E-state index is 13.9. The number of rotatable bonds is 13. The van der Waals surface area contributed by atoms with Gasteiger partial charge in [0.15, 0.2) is 0 Å². The lowest BCUT2D eigenvalue weighted by Gasteiger charge is -2.30. The summed E-state index contributed by atoms with van der Waals surface area (Å²) in [7, 11) is -3.66. The van der Waals surface area contributed by atoms with Gasteiger partial charge >= 0.3 is 0 Å². The van der Waals surface area contributed by atoms with Gasteiger partial charge in [-0.25, -0.2) is 13.1 Å². The van der Waals surface area contributed by atoms with E-state index in [0.717, 1.165) is 55.3 Å². The zero-order valence-electron chi connectivity index (χ0n) is 24.3. The first-order valence-corrected chi connectivity index (χ1v) is 16.5. The first-order chi connectivity index (χ1) is 20.1. The van der Waals surface area contributed by atoms with Crippen LogP contribution in [0.3, 0.4) is 0 Å². The number of anilines is 1. The molecule has 0 unspecified atom stereocenters. The molecule has 0 aliphatic carbocycles. The monoisotopic (exact) mass is 600 g/mol. The average Bonchev–Trinajstić information content (AvgIpc) is 3.42. The predicted molar refractivity (Wildman–Crippen MR) is 162 cm³/mol. The van der Waals surface area contributed by atoms with Gasteiger partial charge < -0.3 is 31.7 Å². The Labute approximate surface area is 248 Å². The van der Waals surface area contributed by atoms with Gasteiger partial charge in [0.25, 0.3) is 0 Å². The van der Waals surface area contributed by atoms with E-state index in [1.807, 2.05) is 36.4 Å². The van der Waals surface area contributed by atoms with E-state index in [4.69, 9.17) is 16.2 Å². The van der Waals surface area contributed by atoms with Crippen molar-refractivity contribution in [2.75, 3.05) is 31.6 Å². The first-order valence-electron chi connectivity index (χ1n) is 14.6. The summed E-state index contributed by atoms with van der Waals surface area (Å²) in [6.07, 6.45) is 4.03. The molecule has 7 N–H and O–H groups in total. The van der Waals surface area contributed by atoms with Crippen LogP contribution < -0.4 is 26.8 Å². The van der Waals surface area contributed by atoms with Crippen LogP contribution in [0.1, 0.15) is 48.8 Å². The van der Waals surface area contributed by atoms with Gasteiger partial charge in [0.2, 0.25) is 21.8 Å². The van der Waals surface area contributed by atoms with Crippen molar-refractivity contribution in [1.82, 2.24) is 20.3 Å². The molecular weight excluding hydrogens is 556 g/mol. The number of likely N-dealkylation sites (tertiary alicyclic amines) is 1. The zero-order valence-corrected chi connectivity index (χ0v) is 25.1. The Morgan fingerprint density at radius 2 is 1.69 bits per heavy atom. The van der Waals surface area contributed by atoms with Crippen molar-refractivity contribution in [3.05, 3.63) is 65.2 Å². The van der Waals surface area contributed by atoms with Crippen molar-refractivity contribution >= 4 is 27.5 Å². The Morgan fingerprint density at radius 1 is 1.05 bits per heavy atom. The number of benzene rings is 2. The summed E-state index contributed by atoms with van der Waals surface area (Å²) < 4.78 is 33.2. The van der Waals surface area contributed by atoms with E-state index in [0.29, 0.717) is 44.1 Å². The Kier molecular flexibility index (Phi) is 11.3. The molecule has 2 fully saturated rings. The fourth-order valence-electron chi connectivity index (χ4n) is 5.60. The second-order valence-electron chi connectivity index (χ2n) is 11.4. The van der Waals surface area contributed by atoms with Crippen LogP contribution in [-0.2, 0) is 44.0 Å². The van der Waals surface area contributed by atoms with Crippen molar-refractivity contribution in [3.63, 3.8) is 0 Å². The van der Waals surface area contributed by atoms with Gasteiger partial charge in [-0.2, -0.15) is 0 Å². The molecule has 2 aliphatic rings. The number of nitrogens with zero attached hydrogens (tertiary/aromatic N) is 1. The topological polar surface area (TPSA) is 169 Å². The highest BCUT2D eigenvalue weighted by Gasteiger charge is 2.42. The van der Waals surface area contributed by atoms with E-state index in [1.54, 1.807) is 12.1 Å². The Bertz CT molecular complexity index is 1280. The summed E-state index contributed by atoms with van der Waals surface area (Å²) in [5.74, 6) is -0.288. The lowest BCUT2D eigenvalue weighted by Crippen LogP contribution is -2.53. The molecule has 2 amide bonds. The van der Waals surface area contributed by atoms with Crippen LogP contribution in [0, 0.1) is 5.92 Å². The zero-order chi connectivity index (χ0) is 30.1. The van der Waals surface area contributed by atoms with Gasteiger partial charge in [0, 0.05) is 31.7 Å². The van der Waals surface area contributed by atoms with Crippen molar-refractivity contribution < 1.29 is 22.7 Å². The van der Waals surface area contributed by atoms with Crippen LogP contribution in [0.25, 0.3) is 0 Å². The van der Waals surface area contributed by atoms with Gasteiger partial charge in [0.05, 0.1) is 19.0 Å². The summed E-state index contributed by atoms with van der Waals surface area (Å²) in [5, 5.41) is 6.29. The van der Waals surface area contributed by atoms with E-state index in [9.17, 15) is 18.0 Å². The van der Waals surface area contributed by atoms with Gasteiger partial charge in [-0.05, 0) is 73.5 Å². The maximum Gasteiger partial charge on any atom is 0.243 e. The fraction of sp³-hybridized carbons (Fsp3) is 0.533. The second-order valence-corrected chi connectivity index (χ2v) is 13.1. The minimum absolute atomic E-state index is 0.187. The largest absolute Gasteiger partial charge is 0.399 e. The molecule has 2 aromatic rings. The smallest absolute Gasteiger partial charge is 0.243 e. The van der Waals surface area contributed by atoms with Crippen molar-refractivity contribution in [1.29, 1.82) is 0 Å². The SMILES string of the molecule is CS(=O)(=O)N[C@H](CCC1CCNCC1)C(=O)N1C[C@H](OCc2ccc(N)cc2)C[C@H]1C(=O)NCc1ccc(CN)cc1. The van der Waals surface area contributed by atoms with Crippen LogP contribution in [0.5, 0.6) is 0 Å². The first kappa shape index (κ1) is 31.9. The Balaban J connectivity index is 1.47. The van der Waals surface area contributed by atoms with Gasteiger partial charge in [-0.3, -0.25) is 9.59 Å². The number of hydrogen-bond acceptors (Lipinski definition) is 8. The van der Waals surface area contributed by atoms with Crippen molar-refractivity contribution in [2.24, 2.45) is 11.7 Å². The summed E-state index contributed by atoms with van der Waals surface area (Å²) in [6.45, 7) is 3.05. The lowest BCUT2D eigenvalue weighted by atomic mass is 9.91. The van der Waals surface area contributed by atoms with E-state index in [-0.39, 0.29) is 12.5 Å². The van der Waals surface area contributed by atoms with Crippen LogP contribution in [0.4, 0.5) is 5.69 Å². The Hall–Kier alpha value is -3.03. The minimum Gasteiger partial charge on any atom is -0.399 e. The average molecular weight is 601 g/mol. The van der Waals surface area contributed by atoms with E-state index in [2.05, 4.69) is 15.4 Å². The third kappa shape index (κ3) is 9.50. The molecule has 2 aliphatic heterocycles. The number of carbonyl (C=O) groups excluding carboxylic acids is 2. The maximum absolute atomic E-state index is 13.9. The number of nitrogen functional groups attached to an aromatic ring is 1. The molecule has 12 heteroatoms. The van der Waals surface area contributed by atoms with E-state index in [1.165, 1.54) is 4.90 Å². The van der Waals surface area contributed by atoms with E-state index < -0.39 is 34.1 Å². The third-order valence-corrected chi connectivity index (χ3v) is 8.73. The number of sulfonamides is 1. The fourth-order valence-corrected chi connectivity index (χ4v) is 6.34. The van der Waals surface area contributed by atoms with Gasteiger partial charge in [-0.15, -0.1) is 0 Å². The molecule has 0 bridgehead atoms. The molecular formula is C30H44N6O5S. The highest BCUT2D eigenvalue weighted by atomic mass is 32.2. The highest BCUT2D eigenvalue weighted by molar-refractivity contribution is 7.88. The molecule has 0 spiro atoms. The van der Waals surface area contributed by atoms with Crippen LogP contribution in [-0.4, -0.2) is 69.2 Å². The van der Waals surface area contributed by atoms with E-state index >= 15 is 0 Å². The molecule has 3 atom stereocenters. The summed E-state index contributed by atoms with van der Waals surface area (Å²) in [5.41, 5.74) is 15.0. The van der Waals surface area contributed by atoms with Crippen LogP contribution >= 0.6 is 0 Å². The highest BCUT2D eigenvalue weighted by Crippen LogP contribution is 2.26. The summed E-state index contributed by atoms with van der Waals surface area (Å²) >= 11 is 0. The molecule has 0 saturated carbocycles. The quantitative estimate of drug-likeness (QED) is 0.214. The number of amides is 2. The Morgan fingerprint density at radius 3 is 2.33 bits per heavy atom. The molecule has 2 heterocycles. The van der Waals surface area contributed by atoms with Crippen molar-refractivity contribution in [3.8, 4) is 0 Å². The number of piperidine rings is 1. The second kappa shape index (κ2) is 14.9. The molecule has 2 aromatic carbocycles. The number of ether oxygens (including phenoxy) is 1. The molecule has 2 saturated heterocycles. The van der Waals surface area contributed by atoms with Crippen LogP contribution in [0.2, 0.25) is 0 Å². The number of carbonyl (C=O) groups is 2. The predicted octanol–water partition coefficient (Wildman–Crippen LogP) is 1.23. The number of hydrogen-bond donors (Lipinski definition) is 5. The number of nitrogens with two attached hydrogens (primary N) is 2. The molecule has 4 rings (SSSR count). The van der Waals surface area contributed by atoms with Crippen LogP contribution in [0.15, 0.2) is 48.5 Å². The molecule has 230 valence electrons. The molecule has 42 heavy (non-hydrogen) atoms. The lowest BCUT2D eigenvalue weighted by molar-refractivity contribution is -0.140. The standard InChI is InChI=1S/C30H44N6O5S/c1-42(39,40)35-27(11-8-21-12-14-33-15-13-21)30(38)36-19-26(41-20-24-6-9-25(32)10-7-24)16-28(36)29(37)34-18-23-4-2-22(17-31)3-5-23/h2-7,9-10,21,26-28,33,35H,8,11-20,31-32H2,1H3,(H,34,37)/t26-,27-,28+/m1/s1. The third-order valence-electron chi connectivity index (χ3n) is 8.02.